The highest BCUT2D eigenvalue weighted by atomic mass is 19.4. The van der Waals surface area contributed by atoms with Gasteiger partial charge in [0.25, 0.3) is 5.91 Å². The Labute approximate surface area is 225 Å². The molecule has 40 heavy (non-hydrogen) atoms. The van der Waals surface area contributed by atoms with E-state index in [1.54, 1.807) is 36.4 Å². The lowest BCUT2D eigenvalue weighted by molar-refractivity contribution is -0.143. The van der Waals surface area contributed by atoms with Crippen molar-refractivity contribution in [2.24, 2.45) is 0 Å². The average Bonchev–Trinajstić information content (AvgIpc) is 2.91. The van der Waals surface area contributed by atoms with Crippen LogP contribution in [0.25, 0.3) is 11.1 Å². The van der Waals surface area contributed by atoms with Crippen molar-refractivity contribution in [2.75, 3.05) is 7.05 Å². The van der Waals surface area contributed by atoms with E-state index in [0.29, 0.717) is 28.8 Å². The van der Waals surface area contributed by atoms with Crippen LogP contribution in [0.15, 0.2) is 79.3 Å². The fourth-order valence-corrected chi connectivity index (χ4v) is 4.27. The lowest BCUT2D eigenvalue weighted by Gasteiger charge is -2.22. The largest absolute Gasteiger partial charge is 0.416 e. The third kappa shape index (κ3) is 6.31. The summed E-state index contributed by atoms with van der Waals surface area (Å²) in [7, 11) is 1.28. The van der Waals surface area contributed by atoms with Gasteiger partial charge in [-0.25, -0.2) is 0 Å². The number of rotatable bonds is 6. The molecule has 0 spiro atoms. The van der Waals surface area contributed by atoms with Crippen LogP contribution in [0.1, 0.15) is 50.0 Å². The first-order valence-electron chi connectivity index (χ1n) is 11.9. The van der Waals surface area contributed by atoms with Crippen LogP contribution in [0.3, 0.4) is 0 Å². The molecule has 0 aliphatic carbocycles. The van der Waals surface area contributed by atoms with Gasteiger partial charge in [0.1, 0.15) is 6.10 Å². The molecule has 2 heterocycles. The fraction of sp³-hybridized carbons (Fsp3) is 0.207. The summed E-state index contributed by atoms with van der Waals surface area (Å²) in [5.41, 5.74) is -0.627. The Hall–Kier alpha value is -4.25. The molecule has 0 bridgehead atoms. The van der Waals surface area contributed by atoms with Crippen molar-refractivity contribution in [1.82, 2.24) is 14.9 Å². The minimum atomic E-state index is -5.01. The maximum atomic E-state index is 13.5. The summed E-state index contributed by atoms with van der Waals surface area (Å²) in [4.78, 5) is 22.7. The number of carbonyl (C=O) groups excluding carboxylic acids is 1. The molecule has 0 saturated carbocycles. The Balaban J connectivity index is 1.74. The molecule has 1 atom stereocenters. The van der Waals surface area contributed by atoms with Crippen molar-refractivity contribution in [3.8, 4) is 11.1 Å². The van der Waals surface area contributed by atoms with Crippen molar-refractivity contribution in [2.45, 2.75) is 31.9 Å². The number of halogens is 6. The third-order valence-corrected chi connectivity index (χ3v) is 6.31. The standard InChI is InChI=1S/C29H23F6N3O2/c1-17-5-3-4-6-22(17)23-14-25(26(39)19-7-9-36-10-8-19)37-15-24(23)27(40)38(2)16-18-11-20(28(30,31)32)13-21(12-18)29(33,34)35/h3-15,26,39H,16H2,1-2H3. The van der Waals surface area contributed by atoms with E-state index in [0.717, 1.165) is 10.5 Å². The number of aryl methyl sites for hydroxylation is 1. The molecule has 2 aromatic heterocycles. The van der Waals surface area contributed by atoms with Crippen molar-refractivity contribution in [3.05, 3.63) is 118 Å². The number of aliphatic hydroxyl groups excluding tert-OH is 1. The topological polar surface area (TPSA) is 66.3 Å². The van der Waals surface area contributed by atoms with Gasteiger partial charge in [-0.3, -0.25) is 14.8 Å². The first-order chi connectivity index (χ1) is 18.8. The minimum Gasteiger partial charge on any atom is -0.382 e. The van der Waals surface area contributed by atoms with E-state index < -0.39 is 42.0 Å². The van der Waals surface area contributed by atoms with E-state index in [2.05, 4.69) is 9.97 Å². The zero-order valence-electron chi connectivity index (χ0n) is 21.3. The van der Waals surface area contributed by atoms with Crippen LogP contribution in [-0.2, 0) is 18.9 Å². The van der Waals surface area contributed by atoms with Gasteiger partial charge in [0.05, 0.1) is 22.4 Å². The smallest absolute Gasteiger partial charge is 0.382 e. The Morgan fingerprint density at radius 2 is 1.50 bits per heavy atom. The maximum absolute atomic E-state index is 13.5. The van der Waals surface area contributed by atoms with Crippen molar-refractivity contribution in [1.29, 1.82) is 0 Å². The van der Waals surface area contributed by atoms with Crippen molar-refractivity contribution in [3.63, 3.8) is 0 Å². The summed E-state index contributed by atoms with van der Waals surface area (Å²) in [5.74, 6) is -0.679. The summed E-state index contributed by atoms with van der Waals surface area (Å²) in [6.07, 6.45) is -6.90. The van der Waals surface area contributed by atoms with Crippen LogP contribution in [0.4, 0.5) is 26.3 Å². The zero-order valence-corrected chi connectivity index (χ0v) is 21.3. The average molecular weight is 560 g/mol. The lowest BCUT2D eigenvalue weighted by atomic mass is 9.94. The summed E-state index contributed by atoms with van der Waals surface area (Å²) in [5, 5.41) is 10.9. The molecule has 0 aliphatic rings. The van der Waals surface area contributed by atoms with E-state index in [-0.39, 0.29) is 22.9 Å². The van der Waals surface area contributed by atoms with Gasteiger partial charge in [-0.1, -0.05) is 24.3 Å². The second-order valence-corrected chi connectivity index (χ2v) is 9.23. The highest BCUT2D eigenvalue weighted by molar-refractivity contribution is 6.01. The zero-order chi connectivity index (χ0) is 29.2. The Bertz CT molecular complexity index is 1490. The molecule has 2 aromatic carbocycles. The lowest BCUT2D eigenvalue weighted by Crippen LogP contribution is -2.27. The highest BCUT2D eigenvalue weighted by Gasteiger charge is 2.37. The van der Waals surface area contributed by atoms with E-state index >= 15 is 0 Å². The van der Waals surface area contributed by atoms with Gasteiger partial charge in [0, 0.05) is 32.2 Å². The van der Waals surface area contributed by atoms with Crippen LogP contribution in [0.2, 0.25) is 0 Å². The van der Waals surface area contributed by atoms with Crippen LogP contribution in [-0.4, -0.2) is 32.9 Å². The number of alkyl halides is 6. The van der Waals surface area contributed by atoms with E-state index in [1.807, 2.05) is 13.0 Å². The van der Waals surface area contributed by atoms with Crippen LogP contribution < -0.4 is 0 Å². The van der Waals surface area contributed by atoms with E-state index in [9.17, 15) is 36.2 Å². The number of nitrogens with zero attached hydrogens (tertiary/aromatic N) is 3. The number of benzene rings is 2. The van der Waals surface area contributed by atoms with E-state index in [1.165, 1.54) is 25.6 Å². The second-order valence-electron chi connectivity index (χ2n) is 9.23. The number of hydrogen-bond acceptors (Lipinski definition) is 4. The third-order valence-electron chi connectivity index (χ3n) is 6.31. The quantitative estimate of drug-likeness (QED) is 0.263. The molecule has 1 N–H and O–H groups in total. The highest BCUT2D eigenvalue weighted by Crippen LogP contribution is 2.37. The van der Waals surface area contributed by atoms with Crippen LogP contribution >= 0.6 is 0 Å². The number of amides is 1. The molecule has 0 saturated heterocycles. The predicted molar refractivity (Wildman–Crippen MR) is 135 cm³/mol. The molecular weight excluding hydrogens is 536 g/mol. The molecule has 208 valence electrons. The van der Waals surface area contributed by atoms with Gasteiger partial charge >= 0.3 is 12.4 Å². The van der Waals surface area contributed by atoms with Gasteiger partial charge in [-0.15, -0.1) is 0 Å². The summed E-state index contributed by atoms with van der Waals surface area (Å²) < 4.78 is 79.9. The predicted octanol–water partition coefficient (Wildman–Crippen LogP) is 6.84. The number of aromatic nitrogens is 2. The second kappa shape index (κ2) is 11.1. The van der Waals surface area contributed by atoms with Gasteiger partial charge < -0.3 is 10.0 Å². The molecular formula is C29H23F6N3O2. The number of carbonyl (C=O) groups is 1. The number of pyridine rings is 2. The first kappa shape index (κ1) is 28.8. The Morgan fingerprint density at radius 1 is 0.900 bits per heavy atom. The maximum Gasteiger partial charge on any atom is 0.416 e. The number of aliphatic hydroxyl groups is 1. The van der Waals surface area contributed by atoms with Gasteiger partial charge in [-0.2, -0.15) is 26.3 Å². The summed E-state index contributed by atoms with van der Waals surface area (Å²) in [6, 6.07) is 13.1. The van der Waals surface area contributed by atoms with E-state index in [4.69, 9.17) is 0 Å². The van der Waals surface area contributed by atoms with Gasteiger partial charge in [-0.05, 0) is 71.1 Å². The molecule has 0 aliphatic heterocycles. The summed E-state index contributed by atoms with van der Waals surface area (Å²) in [6.45, 7) is 1.29. The minimum absolute atomic E-state index is 0.0400. The first-order valence-corrected chi connectivity index (χ1v) is 11.9. The van der Waals surface area contributed by atoms with Crippen molar-refractivity contribution < 1.29 is 36.2 Å². The van der Waals surface area contributed by atoms with Crippen molar-refractivity contribution >= 4 is 5.91 Å². The summed E-state index contributed by atoms with van der Waals surface area (Å²) >= 11 is 0. The molecule has 11 heteroatoms. The number of hydrogen-bond donors (Lipinski definition) is 1. The van der Waals surface area contributed by atoms with Crippen LogP contribution in [0.5, 0.6) is 0 Å². The monoisotopic (exact) mass is 559 g/mol. The van der Waals surface area contributed by atoms with Gasteiger partial charge in [0.2, 0.25) is 0 Å². The SMILES string of the molecule is Cc1ccccc1-c1cc(C(O)c2ccncc2)ncc1C(=O)N(C)Cc1cc(C(F)(F)F)cc(C(F)(F)F)c1. The molecule has 0 radical (unpaired) electrons. The molecule has 4 aromatic rings. The molecule has 5 nitrogen and oxygen atoms in total. The Morgan fingerprint density at radius 3 is 2.08 bits per heavy atom. The fourth-order valence-electron chi connectivity index (χ4n) is 4.27. The Kier molecular flexibility index (Phi) is 7.97. The molecule has 1 unspecified atom stereocenters. The van der Waals surface area contributed by atoms with Crippen LogP contribution in [0, 0.1) is 6.92 Å². The normalized spacial score (nSPS) is 12.7. The molecule has 1 amide bonds. The molecule has 4 rings (SSSR count). The van der Waals surface area contributed by atoms with Gasteiger partial charge in [0.15, 0.2) is 0 Å². The molecule has 0 fully saturated rings.